The summed E-state index contributed by atoms with van der Waals surface area (Å²) in [5.41, 5.74) is 6.59. The van der Waals surface area contributed by atoms with Gasteiger partial charge < -0.3 is 20.5 Å². The van der Waals surface area contributed by atoms with Crippen LogP contribution in [0.1, 0.15) is 19.3 Å². The molecule has 2 saturated heterocycles. The monoisotopic (exact) mass is 368 g/mol. The molecule has 1 aromatic heterocycles. The summed E-state index contributed by atoms with van der Waals surface area (Å²) in [7, 11) is 1.86. The van der Waals surface area contributed by atoms with Crippen molar-refractivity contribution in [2.45, 2.75) is 31.3 Å². The van der Waals surface area contributed by atoms with Gasteiger partial charge in [0.05, 0.1) is 37.5 Å². The van der Waals surface area contributed by atoms with E-state index in [1.54, 1.807) is 11.0 Å². The predicted molar refractivity (Wildman–Crippen MR) is 92.5 cm³/mol. The Kier molecular flexibility index (Phi) is 4.07. The van der Waals surface area contributed by atoms with Crippen LogP contribution in [0.2, 0.25) is 0 Å². The number of β-lactam (4-membered cyclic amide) rings is 1. The highest BCUT2D eigenvalue weighted by molar-refractivity contribution is 6.08. The lowest BCUT2D eigenvalue weighted by atomic mass is 9.83. The van der Waals surface area contributed by atoms with E-state index >= 15 is 0 Å². The van der Waals surface area contributed by atoms with Crippen molar-refractivity contribution in [3.8, 4) is 0 Å². The maximum absolute atomic E-state index is 12.8. The highest BCUT2D eigenvalue weighted by Crippen LogP contribution is 2.37. The number of aryl methyl sites for hydroxylation is 1. The number of carbonyl (C=O) groups is 3. The molecule has 140 valence electrons. The van der Waals surface area contributed by atoms with Gasteiger partial charge in [-0.15, -0.1) is 0 Å². The molecule has 3 aliphatic rings. The summed E-state index contributed by atoms with van der Waals surface area (Å²) < 4.78 is 1.86. The van der Waals surface area contributed by atoms with Crippen molar-refractivity contribution in [3.05, 3.63) is 47.3 Å². The van der Waals surface area contributed by atoms with Gasteiger partial charge in [0.1, 0.15) is 6.04 Å². The SMILES string of the molecule is C[n+]1ccccc1N1CC/C(=C\C2=C(C(=O)[O-])N3C(=O)[C@@H](N)[C@H]3CC2)C1=O. The predicted octanol–water partition coefficient (Wildman–Crippen LogP) is -1.49. The summed E-state index contributed by atoms with van der Waals surface area (Å²) in [5, 5.41) is 11.7. The van der Waals surface area contributed by atoms with E-state index in [1.165, 1.54) is 4.90 Å². The molecule has 0 spiro atoms. The molecule has 0 unspecified atom stereocenters. The van der Waals surface area contributed by atoms with Crippen LogP contribution in [0.4, 0.5) is 5.82 Å². The number of carboxylic acids is 1. The number of aliphatic carboxylic acids is 1. The number of allylic oxidation sites excluding steroid dienone is 2. The third kappa shape index (κ3) is 2.64. The number of hydrogen-bond acceptors (Lipinski definition) is 5. The number of fused-ring (bicyclic) bond motifs is 1. The fourth-order valence-electron chi connectivity index (χ4n) is 4.07. The normalized spacial score (nSPS) is 26.5. The second-order valence-electron chi connectivity index (χ2n) is 7.05. The van der Waals surface area contributed by atoms with Crippen LogP contribution in [0.15, 0.2) is 47.3 Å². The molecule has 0 aromatic carbocycles. The molecule has 8 nitrogen and oxygen atoms in total. The topological polar surface area (TPSA) is 111 Å². The second kappa shape index (κ2) is 6.31. The van der Waals surface area contributed by atoms with E-state index in [2.05, 4.69) is 0 Å². The Morgan fingerprint density at radius 1 is 1.33 bits per heavy atom. The molecule has 8 heteroatoms. The minimum absolute atomic E-state index is 0.151. The third-order valence-corrected chi connectivity index (χ3v) is 5.49. The Balaban J connectivity index is 1.67. The number of nitrogens with two attached hydrogens (primary N) is 1. The molecule has 3 aliphatic heterocycles. The number of hydrogen-bond donors (Lipinski definition) is 1. The van der Waals surface area contributed by atoms with E-state index in [9.17, 15) is 19.5 Å². The number of nitrogens with zero attached hydrogens (tertiary/aromatic N) is 3. The standard InChI is InChI=1S/C19H20N4O4/c1-21-8-3-2-4-14(21)22-9-7-12(17(22)24)10-11-5-6-13-15(20)18(25)23(13)16(11)19(26)27/h2-4,8,10,13,15H,5-7,9,20H2,1H3/b12-10+/t13-,15+/m1/s1. The van der Waals surface area contributed by atoms with Gasteiger partial charge in [0.15, 0.2) is 0 Å². The van der Waals surface area contributed by atoms with Gasteiger partial charge in [-0.2, -0.15) is 4.90 Å². The molecule has 4 rings (SSSR count). The molecule has 2 N–H and O–H groups in total. The van der Waals surface area contributed by atoms with Crippen LogP contribution >= 0.6 is 0 Å². The Hall–Kier alpha value is -3.00. The van der Waals surface area contributed by atoms with Crippen molar-refractivity contribution in [2.24, 2.45) is 12.8 Å². The van der Waals surface area contributed by atoms with E-state index in [-0.39, 0.29) is 17.6 Å². The van der Waals surface area contributed by atoms with Crippen molar-refractivity contribution in [2.75, 3.05) is 11.4 Å². The molecule has 27 heavy (non-hydrogen) atoms. The quantitative estimate of drug-likeness (QED) is 0.397. The fourth-order valence-corrected chi connectivity index (χ4v) is 4.07. The number of carbonyl (C=O) groups excluding carboxylic acids is 3. The number of rotatable bonds is 3. The van der Waals surface area contributed by atoms with Gasteiger partial charge in [-0.3, -0.25) is 4.79 Å². The van der Waals surface area contributed by atoms with Crippen LogP contribution in [0.25, 0.3) is 0 Å². The Morgan fingerprint density at radius 3 is 2.81 bits per heavy atom. The highest BCUT2D eigenvalue weighted by atomic mass is 16.4. The highest BCUT2D eigenvalue weighted by Gasteiger charge is 2.49. The molecule has 2 atom stereocenters. The van der Waals surface area contributed by atoms with Crippen molar-refractivity contribution >= 4 is 23.6 Å². The van der Waals surface area contributed by atoms with Gasteiger partial charge in [0, 0.05) is 18.1 Å². The number of pyridine rings is 1. The van der Waals surface area contributed by atoms with Crippen LogP contribution < -0.4 is 20.3 Å². The molecule has 0 bridgehead atoms. The number of aromatic nitrogens is 1. The first-order valence-electron chi connectivity index (χ1n) is 8.90. The molecular formula is C19H20N4O4. The van der Waals surface area contributed by atoms with Crippen molar-refractivity contribution in [3.63, 3.8) is 0 Å². The number of carboxylic acid groups (broad SMARTS) is 1. The fraction of sp³-hybridized carbons (Fsp3) is 0.368. The zero-order chi connectivity index (χ0) is 19.3. The lowest BCUT2D eigenvalue weighted by Crippen LogP contribution is -2.70. The van der Waals surface area contributed by atoms with Crippen LogP contribution in [-0.4, -0.2) is 41.3 Å². The smallest absolute Gasteiger partial charge is 0.337 e. The van der Waals surface area contributed by atoms with E-state index in [1.807, 2.05) is 36.0 Å². The van der Waals surface area contributed by atoms with Gasteiger partial charge in [-0.25, -0.2) is 9.36 Å². The second-order valence-corrected chi connectivity index (χ2v) is 7.05. The molecule has 4 heterocycles. The zero-order valence-corrected chi connectivity index (χ0v) is 14.9. The van der Waals surface area contributed by atoms with Crippen LogP contribution in [-0.2, 0) is 21.4 Å². The summed E-state index contributed by atoms with van der Waals surface area (Å²) in [6, 6.07) is 4.64. The first-order valence-corrected chi connectivity index (χ1v) is 8.90. The molecule has 2 fully saturated rings. The summed E-state index contributed by atoms with van der Waals surface area (Å²) >= 11 is 0. The van der Waals surface area contributed by atoms with Gasteiger partial charge in [-0.1, -0.05) is 6.07 Å². The molecule has 1 aromatic rings. The van der Waals surface area contributed by atoms with Gasteiger partial charge >= 0.3 is 5.91 Å². The Labute approximate surface area is 156 Å². The van der Waals surface area contributed by atoms with Crippen LogP contribution in [0.3, 0.4) is 0 Å². The van der Waals surface area contributed by atoms with E-state index in [0.717, 1.165) is 5.82 Å². The Bertz CT molecular complexity index is 920. The molecular weight excluding hydrogens is 348 g/mol. The number of amides is 2. The summed E-state index contributed by atoms with van der Waals surface area (Å²) in [4.78, 5) is 39.4. The summed E-state index contributed by atoms with van der Waals surface area (Å²) in [6.45, 7) is 0.520. The molecule has 2 amide bonds. The van der Waals surface area contributed by atoms with Gasteiger partial charge in [-0.05, 0) is 30.6 Å². The average molecular weight is 368 g/mol. The van der Waals surface area contributed by atoms with Crippen molar-refractivity contribution in [1.29, 1.82) is 0 Å². The molecule has 0 aliphatic carbocycles. The first kappa shape index (κ1) is 17.4. The van der Waals surface area contributed by atoms with Crippen molar-refractivity contribution in [1.82, 2.24) is 4.90 Å². The van der Waals surface area contributed by atoms with E-state index in [0.29, 0.717) is 37.0 Å². The van der Waals surface area contributed by atoms with E-state index < -0.39 is 17.9 Å². The van der Waals surface area contributed by atoms with E-state index in [4.69, 9.17) is 5.73 Å². The molecule has 0 saturated carbocycles. The first-order chi connectivity index (χ1) is 12.9. The third-order valence-electron chi connectivity index (χ3n) is 5.49. The number of anilines is 1. The minimum Gasteiger partial charge on any atom is -0.543 e. The van der Waals surface area contributed by atoms with Gasteiger partial charge in [0.2, 0.25) is 5.91 Å². The average Bonchev–Trinajstić information content (AvgIpc) is 3.01. The van der Waals surface area contributed by atoms with Gasteiger partial charge in [0.25, 0.3) is 5.82 Å². The maximum Gasteiger partial charge on any atom is 0.337 e. The van der Waals surface area contributed by atoms with Crippen LogP contribution in [0, 0.1) is 0 Å². The Morgan fingerprint density at radius 2 is 2.11 bits per heavy atom. The zero-order valence-electron chi connectivity index (χ0n) is 14.9. The van der Waals surface area contributed by atoms with Crippen molar-refractivity contribution < 1.29 is 24.1 Å². The lowest BCUT2D eigenvalue weighted by molar-refractivity contribution is -0.658. The maximum atomic E-state index is 12.8. The summed E-state index contributed by atoms with van der Waals surface area (Å²) in [5.74, 6) is -1.21. The molecule has 0 radical (unpaired) electrons. The summed E-state index contributed by atoms with van der Waals surface area (Å²) in [6.07, 6.45) is 5.01. The minimum atomic E-state index is -1.41. The largest absolute Gasteiger partial charge is 0.543 e. The lowest BCUT2D eigenvalue weighted by Gasteiger charge is -2.50. The van der Waals surface area contributed by atoms with Crippen LogP contribution in [0.5, 0.6) is 0 Å².